The maximum atomic E-state index is 12.1. The third kappa shape index (κ3) is 5.16. The number of halogens is 1. The average Bonchev–Trinajstić information content (AvgIpc) is 3.10. The second kappa shape index (κ2) is 9.35. The molecule has 24 heavy (non-hydrogen) atoms. The molecule has 0 saturated carbocycles. The molecule has 6 heteroatoms. The quantitative estimate of drug-likeness (QED) is 0.849. The van der Waals surface area contributed by atoms with Crippen molar-refractivity contribution < 1.29 is 4.79 Å². The van der Waals surface area contributed by atoms with Gasteiger partial charge in [-0.25, -0.2) is 0 Å². The van der Waals surface area contributed by atoms with Gasteiger partial charge in [0.25, 0.3) is 0 Å². The van der Waals surface area contributed by atoms with Gasteiger partial charge in [-0.1, -0.05) is 6.07 Å². The smallest absolute Gasteiger partial charge is 0.237 e. The third-order valence-electron chi connectivity index (χ3n) is 5.04. The molecule has 5 nitrogen and oxygen atoms in total. The lowest BCUT2D eigenvalue weighted by Crippen LogP contribution is -2.45. The van der Waals surface area contributed by atoms with Crippen molar-refractivity contribution in [2.24, 2.45) is 5.92 Å². The van der Waals surface area contributed by atoms with Crippen molar-refractivity contribution in [1.29, 1.82) is 0 Å². The number of carbonyl (C=O) groups is 1. The zero-order chi connectivity index (χ0) is 16.1. The Labute approximate surface area is 151 Å². The molecule has 2 aliphatic rings. The Bertz CT molecular complexity index is 534. The molecule has 0 aromatic carbocycles. The topological polar surface area (TPSA) is 57.3 Å². The summed E-state index contributed by atoms with van der Waals surface area (Å²) in [5.74, 6) is 0.735. The zero-order valence-electron chi connectivity index (χ0n) is 14.5. The van der Waals surface area contributed by atoms with Gasteiger partial charge < -0.3 is 10.6 Å². The van der Waals surface area contributed by atoms with Crippen LogP contribution in [0.2, 0.25) is 0 Å². The number of carbonyl (C=O) groups excluding carboxylic acids is 1. The minimum atomic E-state index is 0. The molecule has 0 aliphatic carbocycles. The number of nitrogens with zero attached hydrogens (tertiary/aromatic N) is 2. The van der Waals surface area contributed by atoms with Gasteiger partial charge in [0.1, 0.15) is 0 Å². The number of aryl methyl sites for hydroxylation is 1. The van der Waals surface area contributed by atoms with Crippen LogP contribution in [0.25, 0.3) is 0 Å². The minimum Gasteiger partial charge on any atom is -0.354 e. The fraction of sp³-hybridized carbons (Fsp3) is 0.667. The highest BCUT2D eigenvalue weighted by Crippen LogP contribution is 2.18. The predicted molar refractivity (Wildman–Crippen MR) is 98.3 cm³/mol. The summed E-state index contributed by atoms with van der Waals surface area (Å²) in [4.78, 5) is 19.1. The molecule has 1 amide bonds. The largest absolute Gasteiger partial charge is 0.354 e. The fourth-order valence-electron chi connectivity index (χ4n) is 3.63. The van der Waals surface area contributed by atoms with Crippen LogP contribution >= 0.6 is 12.4 Å². The molecule has 0 spiro atoms. The van der Waals surface area contributed by atoms with E-state index in [1.165, 1.54) is 24.1 Å². The lowest BCUT2D eigenvalue weighted by molar-refractivity contribution is -0.123. The monoisotopic (exact) mass is 352 g/mol. The fourth-order valence-corrected chi connectivity index (χ4v) is 3.63. The summed E-state index contributed by atoms with van der Waals surface area (Å²) in [7, 11) is 0. The standard InChI is InChI=1S/C18H28N4O.ClH/c1-14-5-2-8-20-17(14)13-22-10-4-6-15(12-22)11-21-18(23)16-7-3-9-19-16;/h2,5,8,15-16,19H,3-4,6-7,9-13H2,1H3,(H,21,23);1H. The number of aromatic nitrogens is 1. The summed E-state index contributed by atoms with van der Waals surface area (Å²) in [5, 5.41) is 6.41. The lowest BCUT2D eigenvalue weighted by Gasteiger charge is -2.33. The SMILES string of the molecule is Cc1cccnc1CN1CCCC(CNC(=O)C2CCCN2)C1.Cl. The molecule has 2 N–H and O–H groups in total. The lowest BCUT2D eigenvalue weighted by atomic mass is 9.97. The Morgan fingerprint density at radius 1 is 1.42 bits per heavy atom. The molecule has 1 aromatic rings. The van der Waals surface area contributed by atoms with Gasteiger partial charge in [0.2, 0.25) is 5.91 Å². The number of hydrogen-bond acceptors (Lipinski definition) is 4. The maximum absolute atomic E-state index is 12.1. The Hall–Kier alpha value is -1.17. The van der Waals surface area contributed by atoms with Crippen molar-refractivity contribution in [2.75, 3.05) is 26.2 Å². The molecule has 1 aromatic heterocycles. The second-order valence-electron chi connectivity index (χ2n) is 6.90. The first-order valence-corrected chi connectivity index (χ1v) is 8.86. The number of amides is 1. The van der Waals surface area contributed by atoms with Crippen molar-refractivity contribution in [3.8, 4) is 0 Å². The van der Waals surface area contributed by atoms with Crippen molar-refractivity contribution in [2.45, 2.75) is 45.2 Å². The van der Waals surface area contributed by atoms with Crippen LogP contribution in [-0.2, 0) is 11.3 Å². The van der Waals surface area contributed by atoms with Gasteiger partial charge in [0, 0.05) is 25.8 Å². The summed E-state index contributed by atoms with van der Waals surface area (Å²) in [6.45, 7) is 6.99. The van der Waals surface area contributed by atoms with Gasteiger partial charge >= 0.3 is 0 Å². The van der Waals surface area contributed by atoms with Gasteiger partial charge in [-0.05, 0) is 63.2 Å². The van der Waals surface area contributed by atoms with Crippen molar-refractivity contribution in [3.63, 3.8) is 0 Å². The molecule has 2 atom stereocenters. The molecule has 2 unspecified atom stereocenters. The molecule has 2 fully saturated rings. The summed E-state index contributed by atoms with van der Waals surface area (Å²) in [6, 6.07) is 4.15. The van der Waals surface area contributed by atoms with E-state index in [0.29, 0.717) is 5.92 Å². The first kappa shape index (κ1) is 19.2. The molecular weight excluding hydrogens is 324 g/mol. The van der Waals surface area contributed by atoms with Gasteiger partial charge in [-0.3, -0.25) is 14.7 Å². The molecule has 0 bridgehead atoms. The normalized spacial score (nSPS) is 24.4. The van der Waals surface area contributed by atoms with E-state index in [4.69, 9.17) is 0 Å². The highest BCUT2D eigenvalue weighted by atomic mass is 35.5. The first-order valence-electron chi connectivity index (χ1n) is 8.86. The summed E-state index contributed by atoms with van der Waals surface area (Å²) in [5.41, 5.74) is 2.43. The van der Waals surface area contributed by atoms with Gasteiger partial charge in [0.15, 0.2) is 0 Å². The molecule has 3 rings (SSSR count). The van der Waals surface area contributed by atoms with E-state index in [2.05, 4.69) is 33.5 Å². The number of nitrogens with one attached hydrogen (secondary N) is 2. The molecule has 134 valence electrons. The van der Waals surface area contributed by atoms with Crippen molar-refractivity contribution in [3.05, 3.63) is 29.6 Å². The van der Waals surface area contributed by atoms with Gasteiger partial charge in [-0.2, -0.15) is 0 Å². The first-order chi connectivity index (χ1) is 11.2. The van der Waals surface area contributed by atoms with E-state index >= 15 is 0 Å². The Morgan fingerprint density at radius 2 is 2.29 bits per heavy atom. The van der Waals surface area contributed by atoms with Crippen LogP contribution in [0.15, 0.2) is 18.3 Å². The predicted octanol–water partition coefficient (Wildman–Crippen LogP) is 1.89. The Morgan fingerprint density at radius 3 is 3.04 bits per heavy atom. The zero-order valence-corrected chi connectivity index (χ0v) is 15.3. The van der Waals surface area contributed by atoms with Crippen LogP contribution in [0.1, 0.15) is 36.9 Å². The molecule has 2 saturated heterocycles. The van der Waals surface area contributed by atoms with Crippen LogP contribution in [0.3, 0.4) is 0 Å². The van der Waals surface area contributed by atoms with E-state index in [9.17, 15) is 4.79 Å². The van der Waals surface area contributed by atoms with Crippen molar-refractivity contribution in [1.82, 2.24) is 20.5 Å². The highest BCUT2D eigenvalue weighted by molar-refractivity contribution is 5.85. The summed E-state index contributed by atoms with van der Waals surface area (Å²) < 4.78 is 0. The average molecular weight is 353 g/mol. The molecule has 2 aliphatic heterocycles. The number of pyridine rings is 1. The Balaban J connectivity index is 0.00000208. The summed E-state index contributed by atoms with van der Waals surface area (Å²) >= 11 is 0. The van der Waals surface area contributed by atoms with Gasteiger partial charge in [0.05, 0.1) is 11.7 Å². The van der Waals surface area contributed by atoms with Crippen LogP contribution in [0.5, 0.6) is 0 Å². The van der Waals surface area contributed by atoms with E-state index in [1.54, 1.807) is 0 Å². The number of hydrogen-bond donors (Lipinski definition) is 2. The van der Waals surface area contributed by atoms with E-state index < -0.39 is 0 Å². The third-order valence-corrected chi connectivity index (χ3v) is 5.04. The molecule has 0 radical (unpaired) electrons. The minimum absolute atomic E-state index is 0. The highest BCUT2D eigenvalue weighted by Gasteiger charge is 2.24. The van der Waals surface area contributed by atoms with E-state index in [1.807, 2.05) is 12.3 Å². The number of piperidine rings is 1. The number of likely N-dealkylation sites (tertiary alicyclic amines) is 1. The Kier molecular flexibility index (Phi) is 7.46. The second-order valence-corrected chi connectivity index (χ2v) is 6.90. The van der Waals surface area contributed by atoms with E-state index in [-0.39, 0.29) is 24.4 Å². The van der Waals surface area contributed by atoms with Crippen LogP contribution < -0.4 is 10.6 Å². The molecular formula is C18H29ClN4O. The number of rotatable bonds is 5. The van der Waals surface area contributed by atoms with Crippen LogP contribution in [-0.4, -0.2) is 48.0 Å². The summed E-state index contributed by atoms with van der Waals surface area (Å²) in [6.07, 6.45) is 6.36. The van der Waals surface area contributed by atoms with E-state index in [0.717, 1.165) is 45.6 Å². The maximum Gasteiger partial charge on any atom is 0.237 e. The molecule has 3 heterocycles. The van der Waals surface area contributed by atoms with Crippen molar-refractivity contribution >= 4 is 18.3 Å². The van der Waals surface area contributed by atoms with Crippen LogP contribution in [0, 0.1) is 12.8 Å². The van der Waals surface area contributed by atoms with Gasteiger partial charge in [-0.15, -0.1) is 12.4 Å². The van der Waals surface area contributed by atoms with Crippen LogP contribution in [0.4, 0.5) is 0 Å².